The minimum absolute atomic E-state index is 0.160. The number of hydrogen-bond donors (Lipinski definition) is 2. The quantitative estimate of drug-likeness (QED) is 0.646. The van der Waals surface area contributed by atoms with Gasteiger partial charge in [0.2, 0.25) is 0 Å². The van der Waals surface area contributed by atoms with Crippen molar-refractivity contribution in [2.75, 3.05) is 26.2 Å². The number of rotatable bonds is 10. The number of aliphatic hydroxyl groups excluding tert-OH is 1. The Labute approximate surface area is 122 Å². The number of aliphatic hydroxyl groups is 1. The third kappa shape index (κ3) is 5.90. The molecule has 1 heterocycles. The maximum atomic E-state index is 9.07. The Bertz CT molecular complexity index is 399. The van der Waals surface area contributed by atoms with E-state index in [1.807, 2.05) is 13.0 Å². The van der Waals surface area contributed by atoms with Gasteiger partial charge in [-0.3, -0.25) is 4.90 Å². The first-order valence-electron chi connectivity index (χ1n) is 7.29. The lowest BCUT2D eigenvalue weighted by molar-refractivity contribution is 0.203. The van der Waals surface area contributed by atoms with Crippen LogP contribution < -0.4 is 5.32 Å². The van der Waals surface area contributed by atoms with E-state index in [2.05, 4.69) is 36.7 Å². The van der Waals surface area contributed by atoms with Crippen molar-refractivity contribution in [2.24, 2.45) is 5.92 Å². The number of hydrogen-bond acceptors (Lipinski definition) is 4. The molecule has 0 saturated carbocycles. The summed E-state index contributed by atoms with van der Waals surface area (Å²) in [5.41, 5.74) is 1.18. The van der Waals surface area contributed by atoms with Crippen molar-refractivity contribution < 1.29 is 9.52 Å². The number of furan rings is 1. The van der Waals surface area contributed by atoms with Crippen LogP contribution in [0.3, 0.4) is 0 Å². The summed E-state index contributed by atoms with van der Waals surface area (Å²) in [4.78, 5) is 2.15. The van der Waals surface area contributed by atoms with E-state index < -0.39 is 0 Å². The van der Waals surface area contributed by atoms with Crippen LogP contribution in [0, 0.1) is 12.8 Å². The molecule has 0 saturated heterocycles. The fourth-order valence-corrected chi connectivity index (χ4v) is 2.12. The Kier molecular flexibility index (Phi) is 7.59. The van der Waals surface area contributed by atoms with E-state index in [1.54, 1.807) is 0 Å². The normalized spacial score (nSPS) is 11.5. The first kappa shape index (κ1) is 17.0. The summed E-state index contributed by atoms with van der Waals surface area (Å²) in [6, 6.07) is 2.11. The number of nitrogens with one attached hydrogen (secondary N) is 1. The topological polar surface area (TPSA) is 48.6 Å². The molecule has 1 rings (SSSR count). The van der Waals surface area contributed by atoms with Crippen molar-refractivity contribution in [2.45, 2.75) is 33.9 Å². The maximum Gasteiger partial charge on any atom is 0.118 e. The van der Waals surface area contributed by atoms with Crippen molar-refractivity contribution in [3.05, 3.63) is 35.8 Å². The zero-order valence-electron chi connectivity index (χ0n) is 13.0. The van der Waals surface area contributed by atoms with Gasteiger partial charge in [0.1, 0.15) is 11.5 Å². The molecule has 0 radical (unpaired) electrons. The van der Waals surface area contributed by atoms with Crippen molar-refractivity contribution in [1.29, 1.82) is 0 Å². The Hall–Kier alpha value is -1.10. The van der Waals surface area contributed by atoms with Crippen LogP contribution in [0.4, 0.5) is 0 Å². The van der Waals surface area contributed by atoms with Gasteiger partial charge in [0.15, 0.2) is 0 Å². The van der Waals surface area contributed by atoms with Gasteiger partial charge < -0.3 is 14.8 Å². The lowest BCUT2D eigenvalue weighted by Crippen LogP contribution is -2.26. The van der Waals surface area contributed by atoms with Crippen molar-refractivity contribution in [3.63, 3.8) is 0 Å². The Morgan fingerprint density at radius 3 is 2.85 bits per heavy atom. The van der Waals surface area contributed by atoms with Crippen LogP contribution in [0.2, 0.25) is 0 Å². The number of aryl methyl sites for hydroxylation is 1. The maximum absolute atomic E-state index is 9.07. The lowest BCUT2D eigenvalue weighted by atomic mass is 10.2. The van der Waals surface area contributed by atoms with E-state index in [1.165, 1.54) is 5.56 Å². The standard InChI is InChI=1S/C16H28N2O2/c1-5-6-18(7-8-19)12-15-9-16(20-14(15)4)11-17-10-13(2)3/h5,9,13,17,19H,1,6-8,10-12H2,2-4H3. The molecular formula is C16H28N2O2. The fourth-order valence-electron chi connectivity index (χ4n) is 2.12. The Morgan fingerprint density at radius 2 is 2.25 bits per heavy atom. The molecule has 20 heavy (non-hydrogen) atoms. The van der Waals surface area contributed by atoms with Gasteiger partial charge in [-0.05, 0) is 25.5 Å². The third-order valence-electron chi connectivity index (χ3n) is 3.12. The first-order valence-corrected chi connectivity index (χ1v) is 7.29. The average molecular weight is 280 g/mol. The number of nitrogens with zero attached hydrogens (tertiary/aromatic N) is 1. The molecule has 0 aliphatic carbocycles. The second-order valence-electron chi connectivity index (χ2n) is 5.57. The van der Waals surface area contributed by atoms with Crippen LogP contribution >= 0.6 is 0 Å². The molecule has 0 aromatic carbocycles. The SMILES string of the molecule is C=CCN(CCO)Cc1cc(CNCC(C)C)oc1C. The van der Waals surface area contributed by atoms with Crippen LogP contribution in [0.1, 0.15) is 30.9 Å². The van der Waals surface area contributed by atoms with Crippen molar-refractivity contribution >= 4 is 0 Å². The van der Waals surface area contributed by atoms with Crippen LogP contribution in [0.5, 0.6) is 0 Å². The van der Waals surface area contributed by atoms with E-state index in [-0.39, 0.29) is 6.61 Å². The molecule has 4 heteroatoms. The molecule has 1 aromatic rings. The highest BCUT2D eigenvalue weighted by molar-refractivity contribution is 5.20. The summed E-state index contributed by atoms with van der Waals surface area (Å²) in [6.45, 7) is 14.2. The van der Waals surface area contributed by atoms with Gasteiger partial charge in [-0.25, -0.2) is 0 Å². The highest BCUT2D eigenvalue weighted by Gasteiger charge is 2.11. The van der Waals surface area contributed by atoms with Gasteiger partial charge in [0, 0.05) is 25.2 Å². The molecule has 0 spiro atoms. The largest absolute Gasteiger partial charge is 0.465 e. The molecule has 1 aromatic heterocycles. The van der Waals surface area contributed by atoms with Crippen LogP contribution in [-0.2, 0) is 13.1 Å². The summed E-state index contributed by atoms with van der Waals surface area (Å²) in [5, 5.41) is 12.5. The molecule has 0 unspecified atom stereocenters. The molecule has 0 bridgehead atoms. The monoisotopic (exact) mass is 280 g/mol. The molecule has 0 aliphatic heterocycles. The summed E-state index contributed by atoms with van der Waals surface area (Å²) in [6.07, 6.45) is 1.86. The molecule has 0 fully saturated rings. The van der Waals surface area contributed by atoms with Gasteiger partial charge in [-0.1, -0.05) is 19.9 Å². The molecule has 4 nitrogen and oxygen atoms in total. The van der Waals surface area contributed by atoms with Gasteiger partial charge in [0.25, 0.3) is 0 Å². The summed E-state index contributed by atoms with van der Waals surface area (Å²) in [7, 11) is 0. The van der Waals surface area contributed by atoms with Crippen LogP contribution in [-0.4, -0.2) is 36.2 Å². The zero-order chi connectivity index (χ0) is 15.0. The van der Waals surface area contributed by atoms with E-state index in [0.29, 0.717) is 12.5 Å². The zero-order valence-corrected chi connectivity index (χ0v) is 13.0. The summed E-state index contributed by atoms with van der Waals surface area (Å²) < 4.78 is 5.78. The highest BCUT2D eigenvalue weighted by Crippen LogP contribution is 2.16. The lowest BCUT2D eigenvalue weighted by Gasteiger charge is -2.18. The van der Waals surface area contributed by atoms with Gasteiger partial charge in [-0.2, -0.15) is 0 Å². The molecule has 0 atom stereocenters. The average Bonchev–Trinajstić information content (AvgIpc) is 2.70. The molecular weight excluding hydrogens is 252 g/mol. The van der Waals surface area contributed by atoms with Gasteiger partial charge in [-0.15, -0.1) is 6.58 Å². The second kappa shape index (κ2) is 8.95. The summed E-state index contributed by atoms with van der Waals surface area (Å²) in [5.74, 6) is 2.57. The van der Waals surface area contributed by atoms with Gasteiger partial charge in [0.05, 0.1) is 13.2 Å². The smallest absolute Gasteiger partial charge is 0.118 e. The highest BCUT2D eigenvalue weighted by atomic mass is 16.3. The predicted octanol–water partition coefficient (Wildman–Crippen LogP) is 2.31. The molecule has 0 amide bonds. The molecule has 0 aliphatic rings. The van der Waals surface area contributed by atoms with E-state index in [4.69, 9.17) is 9.52 Å². The fraction of sp³-hybridized carbons (Fsp3) is 0.625. The minimum Gasteiger partial charge on any atom is -0.465 e. The molecule has 2 N–H and O–H groups in total. The third-order valence-corrected chi connectivity index (χ3v) is 3.12. The first-order chi connectivity index (χ1) is 9.56. The van der Waals surface area contributed by atoms with Crippen LogP contribution in [0.15, 0.2) is 23.1 Å². The predicted molar refractivity (Wildman–Crippen MR) is 82.5 cm³/mol. The Balaban J connectivity index is 2.57. The van der Waals surface area contributed by atoms with Crippen molar-refractivity contribution in [3.8, 4) is 0 Å². The Morgan fingerprint density at radius 1 is 1.50 bits per heavy atom. The van der Waals surface area contributed by atoms with E-state index in [9.17, 15) is 0 Å². The van der Waals surface area contributed by atoms with Crippen molar-refractivity contribution in [1.82, 2.24) is 10.2 Å². The van der Waals surface area contributed by atoms with E-state index in [0.717, 1.165) is 37.7 Å². The van der Waals surface area contributed by atoms with E-state index >= 15 is 0 Å². The van der Waals surface area contributed by atoms with Crippen LogP contribution in [0.25, 0.3) is 0 Å². The summed E-state index contributed by atoms with van der Waals surface area (Å²) >= 11 is 0. The second-order valence-corrected chi connectivity index (χ2v) is 5.57. The molecule has 114 valence electrons. The van der Waals surface area contributed by atoms with Gasteiger partial charge >= 0.3 is 0 Å². The minimum atomic E-state index is 0.160.